The quantitative estimate of drug-likeness (QED) is 0.449. The third kappa shape index (κ3) is 3.59. The number of nitrogens with zero attached hydrogens (tertiary/aromatic N) is 3. The van der Waals surface area contributed by atoms with Crippen LogP contribution in [-0.2, 0) is 14.8 Å². The lowest BCUT2D eigenvalue weighted by Gasteiger charge is -2.33. The number of hydrogen-bond donors (Lipinski definition) is 2. The van der Waals surface area contributed by atoms with Gasteiger partial charge in [0.05, 0.1) is 11.6 Å². The summed E-state index contributed by atoms with van der Waals surface area (Å²) < 4.78 is 28.9. The first-order chi connectivity index (χ1) is 16.5. The number of carbonyl (C=O) groups excluding carboxylic acids is 1. The van der Waals surface area contributed by atoms with Crippen LogP contribution < -0.4 is 5.32 Å². The number of H-pyrrole nitrogens is 1. The molecular weight excluding hydrogens is 470 g/mol. The summed E-state index contributed by atoms with van der Waals surface area (Å²) in [5.74, 6) is 0.0376. The summed E-state index contributed by atoms with van der Waals surface area (Å²) >= 11 is 1.39. The first kappa shape index (κ1) is 21.1. The molecule has 10 heteroatoms. The zero-order valence-corrected chi connectivity index (χ0v) is 19.7. The Morgan fingerprint density at radius 3 is 2.85 bits per heavy atom. The van der Waals surface area contributed by atoms with E-state index >= 15 is 0 Å². The Labute approximate surface area is 200 Å². The molecule has 1 saturated heterocycles. The van der Waals surface area contributed by atoms with Gasteiger partial charge in [-0.05, 0) is 31.0 Å². The Morgan fingerprint density at radius 2 is 1.94 bits per heavy atom. The highest BCUT2D eigenvalue weighted by Crippen LogP contribution is 2.32. The molecule has 4 aromatic rings. The van der Waals surface area contributed by atoms with Crippen molar-refractivity contribution in [3.05, 3.63) is 65.7 Å². The lowest BCUT2D eigenvalue weighted by molar-refractivity contribution is -0.121. The van der Waals surface area contributed by atoms with E-state index < -0.39 is 10.0 Å². The van der Waals surface area contributed by atoms with Gasteiger partial charge in [0.1, 0.15) is 4.90 Å². The van der Waals surface area contributed by atoms with Crippen LogP contribution in [0.4, 0.5) is 5.13 Å². The van der Waals surface area contributed by atoms with Gasteiger partial charge in [-0.2, -0.15) is 8.42 Å². The molecule has 172 valence electrons. The molecule has 0 aliphatic carbocycles. The number of anilines is 1. The fourth-order valence-corrected chi connectivity index (χ4v) is 6.59. The Balaban J connectivity index is 1.18. The molecule has 2 N–H and O–H groups in total. The maximum atomic E-state index is 13.1. The Bertz CT molecular complexity index is 1550. The molecule has 2 aliphatic rings. The second-order valence-corrected chi connectivity index (χ2v) is 10.9. The molecule has 34 heavy (non-hydrogen) atoms. The van der Waals surface area contributed by atoms with Crippen LogP contribution >= 0.6 is 11.3 Å². The molecule has 1 atom stereocenters. The Kier molecular flexibility index (Phi) is 5.00. The zero-order valence-electron chi connectivity index (χ0n) is 18.1. The van der Waals surface area contributed by atoms with Gasteiger partial charge in [-0.3, -0.25) is 4.79 Å². The van der Waals surface area contributed by atoms with E-state index in [1.54, 1.807) is 24.3 Å². The van der Waals surface area contributed by atoms with Gasteiger partial charge in [0.2, 0.25) is 5.91 Å². The van der Waals surface area contributed by atoms with Crippen LogP contribution in [0.3, 0.4) is 0 Å². The number of sulfonamides is 1. The van der Waals surface area contributed by atoms with Crippen molar-refractivity contribution >= 4 is 49.1 Å². The molecule has 2 aliphatic heterocycles. The normalized spacial score (nSPS) is 19.1. The van der Waals surface area contributed by atoms with Crippen molar-refractivity contribution in [3.8, 4) is 11.3 Å². The van der Waals surface area contributed by atoms with Gasteiger partial charge in [0, 0.05) is 46.7 Å². The number of nitrogens with one attached hydrogen (secondary N) is 2. The highest BCUT2D eigenvalue weighted by molar-refractivity contribution is 7.90. The molecule has 2 aromatic heterocycles. The van der Waals surface area contributed by atoms with E-state index in [4.69, 9.17) is 0 Å². The van der Waals surface area contributed by atoms with Crippen molar-refractivity contribution in [1.29, 1.82) is 0 Å². The molecular formula is C24H21N5O3S2. The molecule has 0 spiro atoms. The van der Waals surface area contributed by atoms with Crippen molar-refractivity contribution in [1.82, 2.24) is 14.9 Å². The van der Waals surface area contributed by atoms with Crippen molar-refractivity contribution < 1.29 is 13.2 Å². The number of amidine groups is 1. The van der Waals surface area contributed by atoms with Gasteiger partial charge in [-0.15, -0.1) is 15.7 Å². The third-order valence-corrected chi connectivity index (χ3v) is 8.39. The molecule has 2 aromatic carbocycles. The highest BCUT2D eigenvalue weighted by Gasteiger charge is 2.35. The molecule has 1 unspecified atom stereocenters. The lowest BCUT2D eigenvalue weighted by atomic mass is 9.96. The average Bonchev–Trinajstić information content (AvgIpc) is 3.55. The van der Waals surface area contributed by atoms with Crippen molar-refractivity contribution in [2.75, 3.05) is 18.4 Å². The van der Waals surface area contributed by atoms with Gasteiger partial charge in [-0.1, -0.05) is 30.3 Å². The van der Waals surface area contributed by atoms with E-state index in [-0.39, 0.29) is 16.7 Å². The maximum Gasteiger partial charge on any atom is 0.285 e. The number of hydrogen-bond acceptors (Lipinski definition) is 6. The van der Waals surface area contributed by atoms with E-state index in [0.717, 1.165) is 35.0 Å². The predicted molar refractivity (Wildman–Crippen MR) is 132 cm³/mol. The van der Waals surface area contributed by atoms with Crippen LogP contribution in [0.1, 0.15) is 18.4 Å². The van der Waals surface area contributed by atoms with Crippen LogP contribution in [0, 0.1) is 5.92 Å². The molecule has 0 saturated carbocycles. The van der Waals surface area contributed by atoms with E-state index in [1.165, 1.54) is 11.3 Å². The van der Waals surface area contributed by atoms with Crippen molar-refractivity contribution in [2.45, 2.75) is 17.7 Å². The second-order valence-electron chi connectivity index (χ2n) is 8.45. The van der Waals surface area contributed by atoms with Crippen LogP contribution in [0.2, 0.25) is 0 Å². The zero-order chi connectivity index (χ0) is 23.3. The summed E-state index contributed by atoms with van der Waals surface area (Å²) in [7, 11) is -3.69. The smallest absolute Gasteiger partial charge is 0.285 e. The number of thiazole rings is 1. The molecule has 8 nitrogen and oxygen atoms in total. The number of rotatable bonds is 3. The summed E-state index contributed by atoms with van der Waals surface area (Å²) in [5.41, 5.74) is 3.45. The summed E-state index contributed by atoms with van der Waals surface area (Å²) in [6.07, 6.45) is 3.43. The molecule has 0 radical (unpaired) electrons. The largest absolute Gasteiger partial charge is 0.360 e. The number of para-hydroxylation sites is 1. The fraction of sp³-hybridized carbons (Fsp3) is 0.208. The number of aromatic amines is 1. The average molecular weight is 492 g/mol. The first-order valence-corrected chi connectivity index (χ1v) is 13.3. The van der Waals surface area contributed by atoms with Gasteiger partial charge < -0.3 is 15.2 Å². The van der Waals surface area contributed by atoms with E-state index in [9.17, 15) is 13.2 Å². The molecule has 1 fully saturated rings. The fourth-order valence-electron chi connectivity index (χ4n) is 4.65. The number of fused-ring (bicyclic) bond motifs is 2. The minimum atomic E-state index is -3.69. The number of carbonyl (C=O) groups is 1. The number of aromatic nitrogens is 2. The Hall–Kier alpha value is -3.50. The summed E-state index contributed by atoms with van der Waals surface area (Å²) in [6.45, 7) is 1.07. The van der Waals surface area contributed by atoms with Gasteiger partial charge in [0.25, 0.3) is 10.0 Å². The standard InChI is InChI=1S/C24H21N5O3S2/c30-23(27-24-26-20(14-33-24)18-12-25-19-9-3-1-7-16(18)19)15-6-5-11-29(13-15)22-17-8-2-4-10-21(17)34(31,32)28-22/h1-4,7-10,12,14-15,25H,5-6,11,13H2,(H,26,27,30). The topological polar surface area (TPSA) is 108 Å². The minimum Gasteiger partial charge on any atom is -0.360 e. The first-order valence-electron chi connectivity index (χ1n) is 11.0. The predicted octanol–water partition coefficient (Wildman–Crippen LogP) is 4.09. The minimum absolute atomic E-state index is 0.112. The van der Waals surface area contributed by atoms with Crippen LogP contribution in [0.25, 0.3) is 22.2 Å². The monoisotopic (exact) mass is 491 g/mol. The highest BCUT2D eigenvalue weighted by atomic mass is 32.2. The van der Waals surface area contributed by atoms with Crippen LogP contribution in [0.15, 0.2) is 69.4 Å². The molecule has 0 bridgehead atoms. The molecule has 1 amide bonds. The van der Waals surface area contributed by atoms with E-state index in [1.807, 2.05) is 40.7 Å². The number of piperidine rings is 1. The van der Waals surface area contributed by atoms with Gasteiger partial charge in [-0.25, -0.2) is 4.98 Å². The number of benzene rings is 2. The van der Waals surface area contributed by atoms with Crippen LogP contribution in [0.5, 0.6) is 0 Å². The number of amides is 1. The maximum absolute atomic E-state index is 13.1. The summed E-state index contributed by atoms with van der Waals surface area (Å²) in [5, 5.41) is 6.53. The SMILES string of the molecule is O=C(Nc1nc(-c2c[nH]c3ccccc23)cs1)C1CCCN(C2=NS(=O)(=O)c3ccccc32)C1. The summed E-state index contributed by atoms with van der Waals surface area (Å²) in [6, 6.07) is 14.9. The second kappa shape index (κ2) is 8.07. The van der Waals surface area contributed by atoms with E-state index in [2.05, 4.69) is 19.7 Å². The Morgan fingerprint density at radius 1 is 1.12 bits per heavy atom. The molecule has 4 heterocycles. The van der Waals surface area contributed by atoms with Gasteiger partial charge >= 0.3 is 0 Å². The lowest BCUT2D eigenvalue weighted by Crippen LogP contribution is -2.43. The van der Waals surface area contributed by atoms with E-state index in [0.29, 0.717) is 29.6 Å². The number of likely N-dealkylation sites (tertiary alicyclic amines) is 1. The van der Waals surface area contributed by atoms with Gasteiger partial charge in [0.15, 0.2) is 11.0 Å². The van der Waals surface area contributed by atoms with Crippen molar-refractivity contribution in [2.24, 2.45) is 10.3 Å². The van der Waals surface area contributed by atoms with Crippen LogP contribution in [-0.4, -0.2) is 48.1 Å². The summed E-state index contributed by atoms with van der Waals surface area (Å²) in [4.78, 5) is 23.1. The van der Waals surface area contributed by atoms with Crippen molar-refractivity contribution in [3.63, 3.8) is 0 Å². The third-order valence-electron chi connectivity index (χ3n) is 6.30. The molecule has 6 rings (SSSR count).